The van der Waals surface area contributed by atoms with Crippen LogP contribution in [0.4, 0.5) is 5.69 Å². The molecule has 0 amide bonds. The summed E-state index contributed by atoms with van der Waals surface area (Å²) < 4.78 is 0. The molecule has 0 bridgehead atoms. The summed E-state index contributed by atoms with van der Waals surface area (Å²) >= 11 is 5.95. The average Bonchev–Trinajstić information content (AvgIpc) is 2.58. The highest BCUT2D eigenvalue weighted by molar-refractivity contribution is 6.30. The first-order valence-electron chi connectivity index (χ1n) is 7.24. The van der Waals surface area contributed by atoms with E-state index in [0.29, 0.717) is 0 Å². The molecule has 0 aliphatic rings. The molecule has 22 heavy (non-hydrogen) atoms. The molecular formula is C20H16ClN. The van der Waals surface area contributed by atoms with Crippen LogP contribution in [0.5, 0.6) is 0 Å². The highest BCUT2D eigenvalue weighted by atomic mass is 35.5. The minimum Gasteiger partial charge on any atom is -0.252 e. The Morgan fingerprint density at radius 2 is 1.32 bits per heavy atom. The highest BCUT2D eigenvalue weighted by Gasteiger charge is 2.05. The summed E-state index contributed by atoms with van der Waals surface area (Å²) in [4.78, 5) is 4.82. The van der Waals surface area contributed by atoms with Crippen LogP contribution in [0.2, 0.25) is 5.02 Å². The lowest BCUT2D eigenvalue weighted by Gasteiger charge is -2.08. The normalized spacial score (nSPS) is 11.4. The molecule has 0 atom stereocenters. The van der Waals surface area contributed by atoms with Crippen LogP contribution in [0, 0.1) is 0 Å². The van der Waals surface area contributed by atoms with E-state index < -0.39 is 0 Å². The number of halogens is 1. The quantitative estimate of drug-likeness (QED) is 0.548. The maximum absolute atomic E-state index is 5.95. The Labute approximate surface area is 135 Å². The summed E-state index contributed by atoms with van der Waals surface area (Å²) in [6, 6.07) is 28.3. The van der Waals surface area contributed by atoms with Crippen LogP contribution in [-0.4, -0.2) is 5.71 Å². The first-order chi connectivity index (χ1) is 10.8. The van der Waals surface area contributed by atoms with Gasteiger partial charge in [-0.3, -0.25) is 4.99 Å². The molecule has 0 heterocycles. The number of nitrogens with zero attached hydrogens (tertiary/aromatic N) is 1. The standard InChI is InChI=1S/C20H16ClN/c21-18-11-13-19(14-12-18)22-20(17-9-5-2-6-10-17)15-16-7-3-1-4-8-16/h1-14H,15H2. The van der Waals surface area contributed by atoms with Crippen LogP contribution < -0.4 is 0 Å². The van der Waals surface area contributed by atoms with E-state index in [9.17, 15) is 0 Å². The van der Waals surface area contributed by atoms with Crippen molar-refractivity contribution < 1.29 is 0 Å². The molecule has 0 saturated carbocycles. The Morgan fingerprint density at radius 3 is 1.95 bits per heavy atom. The molecule has 0 aliphatic carbocycles. The second kappa shape index (κ2) is 7.06. The van der Waals surface area contributed by atoms with Crippen molar-refractivity contribution in [3.63, 3.8) is 0 Å². The van der Waals surface area contributed by atoms with Crippen molar-refractivity contribution in [1.82, 2.24) is 0 Å². The fourth-order valence-corrected chi connectivity index (χ4v) is 2.42. The van der Waals surface area contributed by atoms with Crippen molar-refractivity contribution in [1.29, 1.82) is 0 Å². The zero-order valence-corrected chi connectivity index (χ0v) is 12.9. The van der Waals surface area contributed by atoms with Crippen molar-refractivity contribution >= 4 is 23.0 Å². The van der Waals surface area contributed by atoms with Gasteiger partial charge in [0, 0.05) is 11.4 Å². The zero-order chi connectivity index (χ0) is 15.2. The van der Waals surface area contributed by atoms with Crippen molar-refractivity contribution in [2.24, 2.45) is 4.99 Å². The molecule has 108 valence electrons. The van der Waals surface area contributed by atoms with Gasteiger partial charge in [0.25, 0.3) is 0 Å². The largest absolute Gasteiger partial charge is 0.252 e. The molecule has 0 unspecified atom stereocenters. The number of hydrogen-bond donors (Lipinski definition) is 0. The summed E-state index contributed by atoms with van der Waals surface area (Å²) in [6.45, 7) is 0. The van der Waals surface area contributed by atoms with Crippen LogP contribution in [-0.2, 0) is 6.42 Å². The van der Waals surface area contributed by atoms with Gasteiger partial charge in [-0.25, -0.2) is 0 Å². The van der Waals surface area contributed by atoms with E-state index in [1.807, 2.05) is 48.5 Å². The summed E-state index contributed by atoms with van der Waals surface area (Å²) in [5.74, 6) is 0. The van der Waals surface area contributed by atoms with Crippen molar-refractivity contribution in [3.05, 3.63) is 101 Å². The number of benzene rings is 3. The second-order valence-electron chi connectivity index (χ2n) is 5.06. The highest BCUT2D eigenvalue weighted by Crippen LogP contribution is 2.19. The van der Waals surface area contributed by atoms with Gasteiger partial charge in [-0.1, -0.05) is 72.3 Å². The maximum atomic E-state index is 5.95. The topological polar surface area (TPSA) is 12.4 Å². The Morgan fingerprint density at radius 1 is 0.727 bits per heavy atom. The molecule has 0 aliphatic heterocycles. The van der Waals surface area contributed by atoms with Crippen LogP contribution in [0.3, 0.4) is 0 Å². The van der Waals surface area contributed by atoms with Crippen molar-refractivity contribution in [3.8, 4) is 0 Å². The number of rotatable bonds is 4. The zero-order valence-electron chi connectivity index (χ0n) is 12.1. The molecule has 0 aromatic heterocycles. The smallest absolute Gasteiger partial charge is 0.0634 e. The van der Waals surface area contributed by atoms with Gasteiger partial charge in [0.2, 0.25) is 0 Å². The predicted molar refractivity (Wildman–Crippen MR) is 94.2 cm³/mol. The van der Waals surface area contributed by atoms with Crippen LogP contribution in [0.1, 0.15) is 11.1 Å². The van der Waals surface area contributed by atoms with Crippen molar-refractivity contribution in [2.45, 2.75) is 6.42 Å². The number of hydrogen-bond acceptors (Lipinski definition) is 1. The van der Waals surface area contributed by atoms with E-state index in [1.54, 1.807) is 0 Å². The second-order valence-corrected chi connectivity index (χ2v) is 5.50. The Hall–Kier alpha value is -2.38. The molecule has 0 N–H and O–H groups in total. The molecule has 0 saturated heterocycles. The molecule has 0 fully saturated rings. The van der Waals surface area contributed by atoms with Gasteiger partial charge in [-0.05, 0) is 35.4 Å². The van der Waals surface area contributed by atoms with E-state index in [1.165, 1.54) is 5.56 Å². The third-order valence-corrected chi connectivity index (χ3v) is 3.66. The average molecular weight is 306 g/mol. The first kappa shape index (κ1) is 14.6. The minimum atomic E-state index is 0.725. The Balaban J connectivity index is 1.97. The molecule has 3 aromatic carbocycles. The molecule has 3 rings (SSSR count). The van der Waals surface area contributed by atoms with Gasteiger partial charge in [-0.15, -0.1) is 0 Å². The minimum absolute atomic E-state index is 0.725. The van der Waals surface area contributed by atoms with E-state index in [4.69, 9.17) is 16.6 Å². The van der Waals surface area contributed by atoms with Gasteiger partial charge < -0.3 is 0 Å². The van der Waals surface area contributed by atoms with Gasteiger partial charge in [0.15, 0.2) is 0 Å². The van der Waals surface area contributed by atoms with E-state index in [0.717, 1.165) is 28.4 Å². The molecule has 0 spiro atoms. The fraction of sp³-hybridized carbons (Fsp3) is 0.0500. The Bertz CT molecular complexity index is 747. The molecule has 3 aromatic rings. The molecule has 1 nitrogen and oxygen atoms in total. The lowest BCUT2D eigenvalue weighted by molar-refractivity contribution is 1.30. The van der Waals surface area contributed by atoms with Gasteiger partial charge in [0.05, 0.1) is 11.4 Å². The molecule has 2 heteroatoms. The van der Waals surface area contributed by atoms with E-state index >= 15 is 0 Å². The van der Waals surface area contributed by atoms with Crippen molar-refractivity contribution in [2.75, 3.05) is 0 Å². The van der Waals surface area contributed by atoms with Gasteiger partial charge >= 0.3 is 0 Å². The summed E-state index contributed by atoms with van der Waals surface area (Å²) in [6.07, 6.45) is 0.799. The summed E-state index contributed by atoms with van der Waals surface area (Å²) in [7, 11) is 0. The lowest BCUT2D eigenvalue weighted by Crippen LogP contribution is -2.04. The van der Waals surface area contributed by atoms with Crippen LogP contribution in [0.15, 0.2) is 89.9 Å². The molecular weight excluding hydrogens is 290 g/mol. The monoisotopic (exact) mass is 305 g/mol. The first-order valence-corrected chi connectivity index (χ1v) is 7.61. The SMILES string of the molecule is Clc1ccc(N=C(Cc2ccccc2)c2ccccc2)cc1. The van der Waals surface area contributed by atoms with E-state index in [-0.39, 0.29) is 0 Å². The predicted octanol–water partition coefficient (Wildman–Crippen LogP) is 5.70. The fourth-order valence-electron chi connectivity index (χ4n) is 2.30. The third-order valence-electron chi connectivity index (χ3n) is 3.41. The van der Waals surface area contributed by atoms with Crippen LogP contribution in [0.25, 0.3) is 0 Å². The number of aliphatic imine (C=N–C) groups is 1. The Kier molecular flexibility index (Phi) is 4.67. The van der Waals surface area contributed by atoms with Gasteiger partial charge in [0.1, 0.15) is 0 Å². The van der Waals surface area contributed by atoms with Crippen LogP contribution >= 0.6 is 11.6 Å². The van der Waals surface area contributed by atoms with E-state index in [2.05, 4.69) is 36.4 Å². The molecule has 0 radical (unpaired) electrons. The third kappa shape index (κ3) is 3.84. The maximum Gasteiger partial charge on any atom is 0.0634 e. The summed E-state index contributed by atoms with van der Waals surface area (Å²) in [5, 5.41) is 0.725. The lowest BCUT2D eigenvalue weighted by atomic mass is 10.0. The van der Waals surface area contributed by atoms with Gasteiger partial charge in [-0.2, -0.15) is 0 Å². The summed E-state index contributed by atoms with van der Waals surface area (Å²) in [5.41, 5.74) is 4.36.